The Morgan fingerprint density at radius 3 is 1.71 bits per heavy atom. The highest BCUT2D eigenvalue weighted by molar-refractivity contribution is 5.82. The number of hydrogen-bond donors (Lipinski definition) is 0. The van der Waals surface area contributed by atoms with Gasteiger partial charge < -0.3 is 4.74 Å². The summed E-state index contributed by atoms with van der Waals surface area (Å²) in [5.74, 6) is 2.18. The highest BCUT2D eigenvalue weighted by atomic mass is 16.5. The predicted octanol–water partition coefficient (Wildman–Crippen LogP) is 11.1. The molecule has 0 fully saturated rings. The molecule has 0 amide bonds. The summed E-state index contributed by atoms with van der Waals surface area (Å²) in [6.45, 7) is 4.41. The summed E-state index contributed by atoms with van der Waals surface area (Å²) in [6.07, 6.45) is 0. The van der Waals surface area contributed by atoms with Crippen LogP contribution in [0.5, 0.6) is 11.5 Å². The standard InChI is InChI=1S/C44H31N3O/c1-44(2)36-15-9-10-16-40(36)48-42-37(44)26-25-35(28-45)41(42)33-21-23-34(24-22-33)43-46-38(31-13-7-4-8-14-31)27-39(47-43)32-19-17-30(18-20-32)29-11-5-3-6-12-29/h3-27H,1-2H3. The van der Waals surface area contributed by atoms with E-state index in [1.54, 1.807) is 0 Å². The number of aromatic nitrogens is 2. The lowest BCUT2D eigenvalue weighted by Gasteiger charge is -2.35. The lowest BCUT2D eigenvalue weighted by Crippen LogP contribution is -2.24. The van der Waals surface area contributed by atoms with Crippen LogP contribution in [-0.4, -0.2) is 9.97 Å². The van der Waals surface area contributed by atoms with Crippen molar-refractivity contribution in [1.29, 1.82) is 5.26 Å². The molecule has 6 aromatic carbocycles. The third-order valence-corrected chi connectivity index (χ3v) is 9.24. The van der Waals surface area contributed by atoms with Crippen LogP contribution in [-0.2, 0) is 5.41 Å². The molecule has 1 aliphatic rings. The van der Waals surface area contributed by atoms with Crippen LogP contribution in [0.15, 0.2) is 152 Å². The molecule has 2 heterocycles. The molecule has 0 unspecified atom stereocenters. The Labute approximate surface area is 280 Å². The molecule has 0 radical (unpaired) electrons. The average Bonchev–Trinajstić information content (AvgIpc) is 3.15. The molecule has 0 N–H and O–H groups in total. The van der Waals surface area contributed by atoms with Crippen LogP contribution < -0.4 is 4.74 Å². The van der Waals surface area contributed by atoms with Gasteiger partial charge in [-0.05, 0) is 34.9 Å². The molecule has 1 aromatic heterocycles. The zero-order chi connectivity index (χ0) is 32.7. The Morgan fingerprint density at radius 2 is 1.04 bits per heavy atom. The van der Waals surface area contributed by atoms with Crippen LogP contribution in [0.1, 0.15) is 30.5 Å². The molecule has 4 nitrogen and oxygen atoms in total. The van der Waals surface area contributed by atoms with E-state index in [9.17, 15) is 5.26 Å². The van der Waals surface area contributed by atoms with Gasteiger partial charge in [-0.3, -0.25) is 0 Å². The van der Waals surface area contributed by atoms with Gasteiger partial charge in [0.2, 0.25) is 0 Å². The van der Waals surface area contributed by atoms with Crippen LogP contribution in [0.25, 0.3) is 56.2 Å². The summed E-state index contributed by atoms with van der Waals surface area (Å²) in [6, 6.07) is 53.7. The average molecular weight is 618 g/mol. The van der Waals surface area contributed by atoms with Crippen LogP contribution in [0.2, 0.25) is 0 Å². The Hall–Kier alpha value is -6.31. The maximum absolute atomic E-state index is 10.2. The van der Waals surface area contributed by atoms with Gasteiger partial charge in [-0.25, -0.2) is 9.97 Å². The van der Waals surface area contributed by atoms with E-state index in [1.807, 2.05) is 78.9 Å². The van der Waals surface area contributed by atoms with Gasteiger partial charge in [-0.15, -0.1) is 0 Å². The fourth-order valence-electron chi connectivity index (χ4n) is 6.62. The van der Waals surface area contributed by atoms with E-state index >= 15 is 0 Å². The lowest BCUT2D eigenvalue weighted by molar-refractivity contribution is 0.419. The summed E-state index contributed by atoms with van der Waals surface area (Å²) in [4.78, 5) is 10.1. The van der Waals surface area contributed by atoms with Crippen LogP contribution in [0.3, 0.4) is 0 Å². The van der Waals surface area contributed by atoms with Crippen molar-refractivity contribution in [2.24, 2.45) is 0 Å². The first-order valence-corrected chi connectivity index (χ1v) is 16.1. The fourth-order valence-corrected chi connectivity index (χ4v) is 6.62. The van der Waals surface area contributed by atoms with Gasteiger partial charge in [0.1, 0.15) is 11.5 Å². The summed E-state index contributed by atoms with van der Waals surface area (Å²) >= 11 is 0. The Morgan fingerprint density at radius 1 is 0.521 bits per heavy atom. The van der Waals surface area contributed by atoms with Crippen molar-refractivity contribution < 1.29 is 4.74 Å². The molecule has 8 rings (SSSR count). The molecule has 1 aliphatic heterocycles. The molecule has 0 spiro atoms. The molecule has 0 saturated heterocycles. The van der Waals surface area contributed by atoms with Gasteiger partial charge in [-0.2, -0.15) is 5.26 Å². The van der Waals surface area contributed by atoms with Crippen molar-refractivity contribution in [3.63, 3.8) is 0 Å². The van der Waals surface area contributed by atoms with Gasteiger partial charge in [0.25, 0.3) is 0 Å². The molecule has 7 aromatic rings. The first-order chi connectivity index (χ1) is 23.5. The second-order valence-electron chi connectivity index (χ2n) is 12.5. The van der Waals surface area contributed by atoms with E-state index in [1.165, 1.54) is 5.56 Å². The van der Waals surface area contributed by atoms with Crippen molar-refractivity contribution in [3.8, 4) is 73.7 Å². The largest absolute Gasteiger partial charge is 0.456 e. The highest BCUT2D eigenvalue weighted by Crippen LogP contribution is 2.52. The number of benzene rings is 6. The second kappa shape index (κ2) is 11.8. The zero-order valence-electron chi connectivity index (χ0n) is 26.7. The summed E-state index contributed by atoms with van der Waals surface area (Å²) < 4.78 is 6.55. The van der Waals surface area contributed by atoms with E-state index in [2.05, 4.69) is 92.7 Å². The normalized spacial score (nSPS) is 12.7. The molecule has 0 atom stereocenters. The number of hydrogen-bond acceptors (Lipinski definition) is 4. The number of fused-ring (bicyclic) bond motifs is 2. The molecule has 4 heteroatoms. The number of rotatable bonds is 5. The first kappa shape index (κ1) is 29.1. The zero-order valence-corrected chi connectivity index (χ0v) is 26.7. The Bertz CT molecular complexity index is 2320. The minimum atomic E-state index is -0.283. The predicted molar refractivity (Wildman–Crippen MR) is 193 cm³/mol. The molecular formula is C44H31N3O. The molecule has 48 heavy (non-hydrogen) atoms. The molecular weight excluding hydrogens is 587 g/mol. The summed E-state index contributed by atoms with van der Waals surface area (Å²) in [5.41, 5.74) is 11.1. The summed E-state index contributed by atoms with van der Waals surface area (Å²) in [7, 11) is 0. The quantitative estimate of drug-likeness (QED) is 0.193. The van der Waals surface area contributed by atoms with E-state index in [4.69, 9.17) is 14.7 Å². The van der Waals surface area contributed by atoms with Crippen molar-refractivity contribution >= 4 is 0 Å². The third kappa shape index (κ3) is 5.12. The number of nitrogens with zero attached hydrogens (tertiary/aromatic N) is 3. The molecule has 0 bridgehead atoms. The third-order valence-electron chi connectivity index (χ3n) is 9.24. The van der Waals surface area contributed by atoms with Crippen molar-refractivity contribution in [2.75, 3.05) is 0 Å². The maximum Gasteiger partial charge on any atom is 0.160 e. The minimum absolute atomic E-state index is 0.283. The molecule has 0 aliphatic carbocycles. The van der Waals surface area contributed by atoms with Gasteiger partial charge >= 0.3 is 0 Å². The lowest BCUT2D eigenvalue weighted by atomic mass is 9.74. The van der Waals surface area contributed by atoms with Crippen molar-refractivity contribution in [3.05, 3.63) is 168 Å². The Kier molecular flexibility index (Phi) is 7.16. The van der Waals surface area contributed by atoms with Crippen LogP contribution in [0.4, 0.5) is 0 Å². The van der Waals surface area contributed by atoms with Crippen molar-refractivity contribution in [1.82, 2.24) is 9.97 Å². The number of para-hydroxylation sites is 1. The maximum atomic E-state index is 10.2. The van der Waals surface area contributed by atoms with Crippen LogP contribution in [0, 0.1) is 11.3 Å². The molecule has 0 saturated carbocycles. The number of nitriles is 1. The van der Waals surface area contributed by atoms with Crippen LogP contribution >= 0.6 is 0 Å². The van der Waals surface area contributed by atoms with Crippen molar-refractivity contribution in [2.45, 2.75) is 19.3 Å². The van der Waals surface area contributed by atoms with Gasteiger partial charge in [-0.1, -0.05) is 147 Å². The minimum Gasteiger partial charge on any atom is -0.456 e. The number of ether oxygens (including phenoxy) is 1. The monoisotopic (exact) mass is 617 g/mol. The fraction of sp³-hybridized carbons (Fsp3) is 0.0682. The van der Waals surface area contributed by atoms with Gasteiger partial charge in [0.05, 0.1) is 23.0 Å². The van der Waals surface area contributed by atoms with E-state index in [0.29, 0.717) is 11.4 Å². The Balaban J connectivity index is 1.21. The summed E-state index contributed by atoms with van der Waals surface area (Å²) in [5, 5.41) is 10.2. The van der Waals surface area contributed by atoms with Gasteiger partial charge in [0.15, 0.2) is 5.82 Å². The topological polar surface area (TPSA) is 58.8 Å². The highest BCUT2D eigenvalue weighted by Gasteiger charge is 2.36. The van der Waals surface area contributed by atoms with E-state index < -0.39 is 0 Å². The second-order valence-corrected chi connectivity index (χ2v) is 12.5. The SMILES string of the molecule is CC1(C)c2ccccc2Oc2c1ccc(C#N)c2-c1ccc(-c2nc(-c3ccccc3)cc(-c3ccc(-c4ccccc4)cc3)n2)cc1. The van der Waals surface area contributed by atoms with Gasteiger partial charge in [0, 0.05) is 38.8 Å². The smallest absolute Gasteiger partial charge is 0.160 e. The van der Waals surface area contributed by atoms with E-state index in [-0.39, 0.29) is 5.41 Å². The molecule has 228 valence electrons. The van der Waals surface area contributed by atoms with E-state index in [0.717, 1.165) is 67.4 Å². The first-order valence-electron chi connectivity index (χ1n) is 16.1.